The topological polar surface area (TPSA) is 343 Å². The zero-order chi connectivity index (χ0) is 85.1. The van der Waals surface area contributed by atoms with E-state index in [2.05, 4.69) is 99.0 Å². The van der Waals surface area contributed by atoms with Gasteiger partial charge in [0, 0.05) is 107 Å². The van der Waals surface area contributed by atoms with Crippen LogP contribution in [0.2, 0.25) is 0 Å². The van der Waals surface area contributed by atoms with Crippen molar-refractivity contribution in [2.45, 2.75) is 107 Å². The van der Waals surface area contributed by atoms with E-state index in [1.54, 1.807) is 61.0 Å². The summed E-state index contributed by atoms with van der Waals surface area (Å²) >= 11 is 7.09. The molecule has 15 rings (SSSR count). The number of nitrogens with zero attached hydrogens (tertiary/aromatic N) is 17. The first-order valence-electron chi connectivity index (χ1n) is 37.5. The second-order valence-corrected chi connectivity index (χ2v) is 29.6. The number of aliphatic hydroxyl groups is 1. The maximum absolute atomic E-state index is 13.9. The maximum Gasteiger partial charge on any atom is 0.277 e. The largest absolute Gasteiger partial charge is 0.494 e. The van der Waals surface area contributed by atoms with Gasteiger partial charge in [-0.3, -0.25) is 19.9 Å². The van der Waals surface area contributed by atoms with Crippen molar-refractivity contribution in [1.29, 1.82) is 0 Å². The fraction of sp³-hybridized carbons (Fsp3) is 0.218. The molecule has 0 amide bonds. The van der Waals surface area contributed by atoms with E-state index in [1.165, 1.54) is 89.7 Å². The minimum atomic E-state index is -0.446. The summed E-state index contributed by atoms with van der Waals surface area (Å²) < 4.78 is 84.4. The number of rotatable bonds is 36. The molecule has 0 aliphatic rings. The number of hydrogen-bond acceptors (Lipinski definition) is 32. The van der Waals surface area contributed by atoms with Crippen molar-refractivity contribution in [2.24, 2.45) is 0 Å². The predicted molar refractivity (Wildman–Crippen MR) is 459 cm³/mol. The molecular formula is C87H79F2N17O11S5. The molecule has 35 heteroatoms. The van der Waals surface area contributed by atoms with Crippen molar-refractivity contribution in [3.8, 4) is 123 Å². The van der Waals surface area contributed by atoms with Gasteiger partial charge in [-0.2, -0.15) is 0 Å². The monoisotopic (exact) mass is 1740 g/mol. The van der Waals surface area contributed by atoms with Gasteiger partial charge in [-0.25, -0.2) is 13.5 Å². The summed E-state index contributed by atoms with van der Waals surface area (Å²) in [5.74, 6) is 14.3. The van der Waals surface area contributed by atoms with E-state index in [-0.39, 0.29) is 18.1 Å². The Hall–Kier alpha value is -13.2. The van der Waals surface area contributed by atoms with Crippen LogP contribution in [0.1, 0.15) is 72.6 Å². The van der Waals surface area contributed by atoms with E-state index in [4.69, 9.17) is 70.1 Å². The third kappa shape index (κ3) is 29.4. The lowest BCUT2D eigenvalue weighted by atomic mass is 10.1. The molecule has 0 aliphatic heterocycles. The minimum Gasteiger partial charge on any atom is -0.494 e. The Morgan fingerprint density at radius 2 is 0.746 bits per heavy atom. The van der Waals surface area contributed by atoms with E-state index >= 15 is 0 Å². The molecule has 15 aromatic rings. The molecule has 0 saturated carbocycles. The van der Waals surface area contributed by atoms with Gasteiger partial charge in [0.15, 0.2) is 34.6 Å². The van der Waals surface area contributed by atoms with Gasteiger partial charge in [0.25, 0.3) is 26.1 Å². The van der Waals surface area contributed by atoms with Crippen molar-refractivity contribution < 1.29 is 59.7 Å². The first-order chi connectivity index (χ1) is 59.9. The van der Waals surface area contributed by atoms with Gasteiger partial charge >= 0.3 is 0 Å². The summed E-state index contributed by atoms with van der Waals surface area (Å²) in [6, 6.07) is 52.9. The van der Waals surface area contributed by atoms with Gasteiger partial charge < -0.3 is 50.9 Å². The number of aliphatic hydroxyl groups excluding tert-OH is 1. The summed E-state index contributed by atoms with van der Waals surface area (Å²) in [4.78, 5) is 17.0. The third-order valence-corrected chi connectivity index (χ3v) is 20.4. The second kappa shape index (κ2) is 49.4. The molecule has 28 nitrogen and oxygen atoms in total. The lowest BCUT2D eigenvalue weighted by Crippen LogP contribution is -2.02. The Morgan fingerprint density at radius 1 is 0.377 bits per heavy atom. The first-order valence-corrected chi connectivity index (χ1v) is 42.4. The smallest absolute Gasteiger partial charge is 0.277 e. The first kappa shape index (κ1) is 89.6. The molecule has 5 aromatic carbocycles. The Morgan fingerprint density at radius 3 is 1.16 bits per heavy atom. The highest BCUT2D eigenvalue weighted by atomic mass is 32.2. The van der Waals surface area contributed by atoms with E-state index in [0.717, 1.165) is 63.8 Å². The molecule has 0 atom stereocenters. The van der Waals surface area contributed by atoms with Gasteiger partial charge in [-0.05, 0) is 160 Å². The Labute approximate surface area is 722 Å². The SMILES string of the molecule is C#CCCCOc1cc(-c2nnc(SCc3ccccn3)o2)ccc1F.C#CCCCOc1cc(-c2nnc(SCc3ccccn3)o2)ccc1OC.C#CCCCOc1cccc(-c2nnc(SCc3ccccn3)o2)c1.COc1cc(-c2nnc(SCc3ccccn3)o2)ccc1F.Cc1ccc(-c2nnc(SCc3cn(CCO)nn3)o2)cc1. The van der Waals surface area contributed by atoms with Crippen LogP contribution in [-0.2, 0) is 35.3 Å². The number of pyridine rings is 4. The molecule has 1 N–H and O–H groups in total. The van der Waals surface area contributed by atoms with Gasteiger partial charge in [-0.1, -0.05) is 112 Å². The van der Waals surface area contributed by atoms with Crippen molar-refractivity contribution in [3.05, 3.63) is 253 Å². The predicted octanol–water partition coefficient (Wildman–Crippen LogP) is 18.3. The molecule has 0 spiro atoms. The number of hydrogen-bond donors (Lipinski definition) is 1. The normalized spacial score (nSPS) is 10.5. The number of unbranched alkanes of at least 4 members (excludes halogenated alkanes) is 3. The molecule has 0 unspecified atom stereocenters. The molecule has 122 heavy (non-hydrogen) atoms. The number of methoxy groups -OCH3 is 2. The van der Waals surface area contributed by atoms with E-state index in [0.29, 0.717) is 159 Å². The third-order valence-electron chi connectivity index (χ3n) is 16.1. The zero-order valence-electron chi connectivity index (χ0n) is 66.1. The highest BCUT2D eigenvalue weighted by Gasteiger charge is 2.19. The standard InChI is InChI=1S/C20H19N3O3S.C19H16FN3O2S.C19H17N3O2S.C15H12FN3O2S.C14H15N5O2S/c1-3-4-7-12-25-18-13-15(9-10-17(18)24-2)19-22-23-20(26-19)27-14-16-8-5-6-11-21-16;1-2-3-6-11-24-17-12-14(8-9-16(17)20)18-22-23-19(25-18)26-13-15-7-4-5-10-21-15;1-2-3-6-12-23-17-10-7-8-15(13-17)18-21-22-19(24-18)25-14-16-9-4-5-11-20-16;1-20-13-8-10(5-6-12(13)16)14-18-19-15(21-14)22-9-11-4-2-3-7-17-11;1-10-2-4-11(5-3-10)13-16-17-14(21-13)22-9-12-8-19(6-7-20)18-15-12/h1,5-6,8-11,13H,4,7,12,14H2,2H3;1,4-5,7-10,12H,3,6,11,13H2;1,4-5,7-11,13H,3,6,12,14H2;2-8H,9H2,1H3;2-5,8,20H,6-7,9H2,1H3. The van der Waals surface area contributed by atoms with Gasteiger partial charge in [-0.15, -0.1) is 93.1 Å². The molecule has 0 bridgehead atoms. The summed E-state index contributed by atoms with van der Waals surface area (Å²) in [5, 5.41) is 59.6. The highest BCUT2D eigenvalue weighted by Crippen LogP contribution is 2.36. The van der Waals surface area contributed by atoms with Crippen LogP contribution in [0, 0.1) is 55.6 Å². The number of aromatic nitrogens is 17. The van der Waals surface area contributed by atoms with Gasteiger partial charge in [0.1, 0.15) is 5.75 Å². The Bertz CT molecular complexity index is 5780. The van der Waals surface area contributed by atoms with E-state index in [9.17, 15) is 8.78 Å². The van der Waals surface area contributed by atoms with E-state index < -0.39 is 11.6 Å². The average molecular weight is 1740 g/mol. The molecular weight excluding hydrogens is 1660 g/mol. The molecule has 0 radical (unpaired) electrons. The molecule has 10 heterocycles. The number of halogens is 2. The summed E-state index contributed by atoms with van der Waals surface area (Å²) in [6.07, 6.45) is 28.7. The molecule has 622 valence electrons. The summed E-state index contributed by atoms with van der Waals surface area (Å²) in [5.41, 5.74) is 9.44. The number of terminal acetylenes is 3. The number of ether oxygens (including phenoxy) is 5. The van der Waals surface area contributed by atoms with Crippen LogP contribution in [-0.4, -0.2) is 132 Å². The fourth-order valence-electron chi connectivity index (χ4n) is 10.1. The van der Waals surface area contributed by atoms with Crippen molar-refractivity contribution in [1.82, 2.24) is 85.9 Å². The minimum absolute atomic E-state index is 0.0412. The van der Waals surface area contributed by atoms with Crippen LogP contribution in [0.15, 0.2) is 255 Å². The van der Waals surface area contributed by atoms with E-state index in [1.807, 2.05) is 146 Å². The maximum atomic E-state index is 13.9. The summed E-state index contributed by atoms with van der Waals surface area (Å²) in [7, 11) is 3.01. The van der Waals surface area contributed by atoms with Crippen molar-refractivity contribution >= 4 is 58.8 Å². The van der Waals surface area contributed by atoms with Crippen LogP contribution < -0.4 is 23.7 Å². The number of benzene rings is 5. The van der Waals surface area contributed by atoms with Crippen LogP contribution in [0.25, 0.3) is 57.3 Å². The Balaban J connectivity index is 0.000000149. The van der Waals surface area contributed by atoms with Crippen LogP contribution in [0.5, 0.6) is 28.7 Å². The van der Waals surface area contributed by atoms with Crippen molar-refractivity contribution in [2.75, 3.05) is 40.6 Å². The zero-order valence-corrected chi connectivity index (χ0v) is 70.2. The second-order valence-electron chi connectivity index (χ2n) is 25.0. The lowest BCUT2D eigenvalue weighted by molar-refractivity contribution is 0.268. The number of aryl methyl sites for hydroxylation is 1. The average Bonchev–Trinajstić information content (AvgIpc) is 1.76. The van der Waals surface area contributed by atoms with Gasteiger partial charge in [0.2, 0.25) is 29.5 Å². The highest BCUT2D eigenvalue weighted by molar-refractivity contribution is 7.99. The van der Waals surface area contributed by atoms with Crippen LogP contribution in [0.4, 0.5) is 8.78 Å². The Kier molecular flexibility index (Phi) is 36.2. The van der Waals surface area contributed by atoms with Crippen molar-refractivity contribution in [3.63, 3.8) is 0 Å². The molecule has 0 fully saturated rings. The number of thioether (sulfide) groups is 5. The van der Waals surface area contributed by atoms with Gasteiger partial charge in [0.05, 0.1) is 75.7 Å². The molecule has 0 aliphatic carbocycles. The quantitative estimate of drug-likeness (QED) is 0.0216. The molecule has 0 saturated heterocycles. The van der Waals surface area contributed by atoms with Crippen LogP contribution >= 0.6 is 58.8 Å². The van der Waals surface area contributed by atoms with Crippen LogP contribution in [0.3, 0.4) is 0 Å². The molecule has 10 aromatic heterocycles. The summed E-state index contributed by atoms with van der Waals surface area (Å²) in [6.45, 7) is 3.96. The fourth-order valence-corrected chi connectivity index (χ4v) is 13.5. The lowest BCUT2D eigenvalue weighted by Gasteiger charge is -2.10.